The minimum Gasteiger partial charge on any atom is -0.309 e. The van der Waals surface area contributed by atoms with E-state index < -0.39 is 8.07 Å². The van der Waals surface area contributed by atoms with Crippen LogP contribution in [0.4, 0.5) is 0 Å². The van der Waals surface area contributed by atoms with Gasteiger partial charge in [0, 0.05) is 0 Å². The molecule has 0 spiro atoms. The van der Waals surface area contributed by atoms with E-state index in [0.29, 0.717) is 0 Å². The molecule has 0 saturated heterocycles. The van der Waals surface area contributed by atoms with Crippen molar-refractivity contribution >= 4 is 23.6 Å². The number of nitrogens with zero attached hydrogens (tertiary/aromatic N) is 1. The van der Waals surface area contributed by atoms with Crippen LogP contribution >= 0.6 is 0 Å². The summed E-state index contributed by atoms with van der Waals surface area (Å²) in [6, 6.07) is 34.7. The van der Waals surface area contributed by atoms with Crippen molar-refractivity contribution in [3.63, 3.8) is 0 Å². The van der Waals surface area contributed by atoms with Crippen molar-refractivity contribution in [3.05, 3.63) is 91.0 Å². The molecule has 0 bridgehead atoms. The van der Waals surface area contributed by atoms with Crippen molar-refractivity contribution in [1.82, 2.24) is 4.90 Å². The van der Waals surface area contributed by atoms with Crippen LogP contribution in [0, 0.1) is 0 Å². The molecule has 3 rings (SSSR count). The summed E-state index contributed by atoms with van der Waals surface area (Å²) in [4.78, 5) is 2.29. The zero-order valence-electron chi connectivity index (χ0n) is 15.2. The van der Waals surface area contributed by atoms with Gasteiger partial charge < -0.3 is 4.90 Å². The van der Waals surface area contributed by atoms with Gasteiger partial charge in [0.2, 0.25) is 0 Å². The molecule has 1 nitrogen and oxygen atoms in total. The number of hydrogen-bond donors (Lipinski definition) is 0. The summed E-state index contributed by atoms with van der Waals surface area (Å²) in [6.45, 7) is 1.13. The smallest absolute Gasteiger partial charge is 0.148 e. The Balaban J connectivity index is 2.16. The average molecular weight is 346 g/mol. The Morgan fingerprint density at radius 3 is 1.28 bits per heavy atom. The number of rotatable bonds is 7. The van der Waals surface area contributed by atoms with E-state index in [1.807, 2.05) is 0 Å². The van der Waals surface area contributed by atoms with E-state index in [9.17, 15) is 0 Å². The Bertz CT molecular complexity index is 657. The van der Waals surface area contributed by atoms with Gasteiger partial charge in [0.05, 0.1) is 0 Å². The van der Waals surface area contributed by atoms with Gasteiger partial charge in [-0.05, 0) is 48.7 Å². The number of hydrogen-bond acceptors (Lipinski definition) is 1. The van der Waals surface area contributed by atoms with Crippen molar-refractivity contribution in [2.24, 2.45) is 0 Å². The highest BCUT2D eigenvalue weighted by atomic mass is 28.3. The normalized spacial score (nSPS) is 11.6. The molecule has 0 amide bonds. The molecule has 3 aromatic carbocycles. The van der Waals surface area contributed by atoms with E-state index in [1.165, 1.54) is 28.0 Å². The van der Waals surface area contributed by atoms with Gasteiger partial charge in [-0.15, -0.1) is 0 Å². The van der Waals surface area contributed by atoms with Gasteiger partial charge >= 0.3 is 0 Å². The van der Waals surface area contributed by atoms with Crippen LogP contribution < -0.4 is 15.6 Å². The average Bonchev–Trinajstić information content (AvgIpc) is 2.67. The van der Waals surface area contributed by atoms with Crippen molar-refractivity contribution in [3.8, 4) is 0 Å². The highest BCUT2D eigenvalue weighted by molar-refractivity contribution is 7.11. The Morgan fingerprint density at radius 2 is 0.960 bits per heavy atom. The quantitative estimate of drug-likeness (QED) is 0.470. The van der Waals surface area contributed by atoms with E-state index >= 15 is 0 Å². The van der Waals surface area contributed by atoms with Gasteiger partial charge in [0.15, 0.2) is 0 Å². The second-order valence-corrected chi connectivity index (χ2v) is 11.0. The maximum atomic E-state index is 2.34. The lowest BCUT2D eigenvalue weighted by molar-refractivity contribution is 0.408. The Hall–Kier alpha value is -2.16. The molecule has 0 fully saturated rings. The van der Waals surface area contributed by atoms with Gasteiger partial charge in [0.1, 0.15) is 8.07 Å². The molecule has 128 valence electrons. The summed E-state index contributed by atoms with van der Waals surface area (Å²) in [5.74, 6) is 0. The lowest BCUT2D eigenvalue weighted by Crippen LogP contribution is -2.67. The molecule has 0 N–H and O–H groups in total. The first kappa shape index (κ1) is 17.7. The largest absolute Gasteiger partial charge is 0.309 e. The molecule has 0 heterocycles. The Labute approximate surface area is 153 Å². The summed E-state index contributed by atoms with van der Waals surface area (Å²) >= 11 is 0. The molecule has 0 unspecified atom stereocenters. The fourth-order valence-corrected chi connectivity index (χ4v) is 8.60. The molecule has 0 saturated carbocycles. The molecule has 0 aliphatic rings. The summed E-state index contributed by atoms with van der Waals surface area (Å²) in [5.41, 5.74) is 0. The molecule has 0 radical (unpaired) electrons. The standard InChI is InChI=1S/C23H27NSi/c1-24(2)19-12-20-25(21-13-6-3-7-14-21,22-15-8-4-9-16-22)23-17-10-5-11-18-23/h3-11,13-18H,12,19-20H2,1-2H3. The Morgan fingerprint density at radius 1 is 0.600 bits per heavy atom. The van der Waals surface area contributed by atoms with Crippen LogP contribution in [0.2, 0.25) is 6.04 Å². The molecule has 3 aromatic rings. The van der Waals surface area contributed by atoms with Crippen molar-refractivity contribution in [2.45, 2.75) is 12.5 Å². The summed E-state index contributed by atoms with van der Waals surface area (Å²) in [7, 11) is 2.31. The molecule has 0 atom stereocenters. The minimum atomic E-state index is -2.02. The first-order chi connectivity index (χ1) is 12.2. The fraction of sp³-hybridized carbons (Fsp3) is 0.217. The van der Waals surface area contributed by atoms with Gasteiger partial charge in [0.25, 0.3) is 0 Å². The van der Waals surface area contributed by atoms with E-state index in [0.717, 1.165) is 6.54 Å². The van der Waals surface area contributed by atoms with Gasteiger partial charge in [-0.25, -0.2) is 0 Å². The second-order valence-electron chi connectivity index (χ2n) is 6.91. The maximum Gasteiger partial charge on any atom is 0.148 e. The summed E-state index contributed by atoms with van der Waals surface area (Å²) in [5, 5.41) is 4.52. The molecular weight excluding hydrogens is 318 g/mol. The van der Waals surface area contributed by atoms with E-state index in [1.54, 1.807) is 0 Å². The van der Waals surface area contributed by atoms with Gasteiger partial charge in [-0.1, -0.05) is 91.0 Å². The third kappa shape index (κ3) is 3.92. The van der Waals surface area contributed by atoms with Crippen LogP contribution in [0.15, 0.2) is 91.0 Å². The van der Waals surface area contributed by atoms with E-state index in [2.05, 4.69) is 110 Å². The molecule has 0 aromatic heterocycles. The Kier molecular flexibility index (Phi) is 5.85. The summed E-state index contributed by atoms with van der Waals surface area (Å²) in [6.07, 6.45) is 1.21. The zero-order valence-corrected chi connectivity index (χ0v) is 16.2. The molecular formula is C23H27NSi. The lowest BCUT2D eigenvalue weighted by Gasteiger charge is -2.34. The van der Waals surface area contributed by atoms with Crippen molar-refractivity contribution in [1.29, 1.82) is 0 Å². The highest BCUT2D eigenvalue weighted by Gasteiger charge is 2.38. The third-order valence-electron chi connectivity index (χ3n) is 4.96. The van der Waals surface area contributed by atoms with Crippen LogP contribution in [-0.4, -0.2) is 33.6 Å². The van der Waals surface area contributed by atoms with Crippen LogP contribution in [0.5, 0.6) is 0 Å². The van der Waals surface area contributed by atoms with E-state index in [4.69, 9.17) is 0 Å². The predicted octanol–water partition coefficient (Wildman–Crippen LogP) is 3.11. The monoisotopic (exact) mass is 345 g/mol. The zero-order chi connectivity index (χ0) is 17.5. The van der Waals surface area contributed by atoms with Gasteiger partial charge in [-0.2, -0.15) is 0 Å². The molecule has 0 aliphatic carbocycles. The van der Waals surface area contributed by atoms with E-state index in [-0.39, 0.29) is 0 Å². The van der Waals surface area contributed by atoms with Crippen LogP contribution in [0.3, 0.4) is 0 Å². The van der Waals surface area contributed by atoms with Crippen LogP contribution in [-0.2, 0) is 0 Å². The highest BCUT2D eigenvalue weighted by Crippen LogP contribution is 2.15. The van der Waals surface area contributed by atoms with Gasteiger partial charge in [-0.3, -0.25) is 0 Å². The topological polar surface area (TPSA) is 3.24 Å². The molecule has 25 heavy (non-hydrogen) atoms. The van der Waals surface area contributed by atoms with Crippen molar-refractivity contribution in [2.75, 3.05) is 20.6 Å². The predicted molar refractivity (Wildman–Crippen MR) is 112 cm³/mol. The fourth-order valence-electron chi connectivity index (χ4n) is 3.76. The molecule has 2 heteroatoms. The maximum absolute atomic E-state index is 2.34. The SMILES string of the molecule is CN(C)CCC[Si](c1ccccc1)(c1ccccc1)c1ccccc1. The second kappa shape index (κ2) is 8.28. The van der Waals surface area contributed by atoms with Crippen molar-refractivity contribution < 1.29 is 0 Å². The number of benzene rings is 3. The lowest BCUT2D eigenvalue weighted by atomic mass is 10.3. The van der Waals surface area contributed by atoms with Crippen LogP contribution in [0.25, 0.3) is 0 Å². The molecule has 0 aliphatic heterocycles. The summed E-state index contributed by atoms with van der Waals surface area (Å²) < 4.78 is 0. The first-order valence-electron chi connectivity index (χ1n) is 9.05. The third-order valence-corrected chi connectivity index (χ3v) is 10.0. The van der Waals surface area contributed by atoms with Crippen LogP contribution in [0.1, 0.15) is 6.42 Å². The minimum absolute atomic E-state index is 1.13. The first-order valence-corrected chi connectivity index (χ1v) is 11.3.